The van der Waals surface area contributed by atoms with Crippen molar-refractivity contribution in [2.75, 3.05) is 48.9 Å². The summed E-state index contributed by atoms with van der Waals surface area (Å²) in [7, 11) is 11.3. The Morgan fingerprint density at radius 2 is 1.17 bits per heavy atom. The van der Waals surface area contributed by atoms with E-state index in [-0.39, 0.29) is 0 Å². The quantitative estimate of drug-likeness (QED) is 0.363. The van der Waals surface area contributed by atoms with E-state index in [1.165, 1.54) is 66.1 Å². The summed E-state index contributed by atoms with van der Waals surface area (Å²) in [5, 5.41) is 9.29. The Labute approximate surface area is 147 Å². The Morgan fingerprint density at radius 3 is 1.52 bits per heavy atom. The third kappa shape index (κ3) is 24.2. The molecule has 0 aromatic rings. The average Bonchev–Trinajstić information content (AvgIpc) is 2.58. The van der Waals surface area contributed by atoms with Gasteiger partial charge in [0, 0.05) is 6.61 Å². The third-order valence-corrected chi connectivity index (χ3v) is 4.03. The Hall–Kier alpha value is -0.200. The van der Waals surface area contributed by atoms with Crippen molar-refractivity contribution in [1.29, 1.82) is 0 Å². The summed E-state index contributed by atoms with van der Waals surface area (Å²) in [6.07, 6.45) is 8.81. The molecule has 0 saturated carbocycles. The van der Waals surface area contributed by atoms with Gasteiger partial charge in [-0.2, -0.15) is 0 Å². The van der Waals surface area contributed by atoms with Crippen molar-refractivity contribution in [2.45, 2.75) is 64.8 Å². The van der Waals surface area contributed by atoms with Gasteiger partial charge in [-0.05, 0) is 59.7 Å². The minimum atomic E-state index is 0.380. The molecule has 5 heteroatoms. The second kappa shape index (κ2) is 24.1. The molecule has 0 rings (SSSR count). The number of nitrogens with two attached hydrogens (primary N) is 3. The zero-order chi connectivity index (χ0) is 19.3. The maximum absolute atomic E-state index is 9.29. The number of hydrogen-bond donors (Lipinski definition) is 4. The van der Waals surface area contributed by atoms with Crippen LogP contribution < -0.4 is 17.2 Å². The van der Waals surface area contributed by atoms with Gasteiger partial charge < -0.3 is 26.8 Å². The summed E-state index contributed by atoms with van der Waals surface area (Å²) < 4.78 is 1.05. The van der Waals surface area contributed by atoms with Gasteiger partial charge in [-0.1, -0.05) is 26.2 Å². The second-order valence-electron chi connectivity index (χ2n) is 6.44. The third-order valence-electron chi connectivity index (χ3n) is 4.03. The molecule has 0 aliphatic carbocycles. The number of hydrogen-bond acceptors (Lipinski definition) is 4. The molecule has 0 bridgehead atoms. The van der Waals surface area contributed by atoms with Crippen molar-refractivity contribution in [3.63, 3.8) is 0 Å². The molecule has 0 aromatic heterocycles. The van der Waals surface area contributed by atoms with E-state index in [9.17, 15) is 5.11 Å². The van der Waals surface area contributed by atoms with Crippen LogP contribution in [0.5, 0.6) is 0 Å². The molecule has 0 saturated heterocycles. The Morgan fingerprint density at radius 1 is 0.783 bits per heavy atom. The lowest BCUT2D eigenvalue weighted by atomic mass is 9.95. The van der Waals surface area contributed by atoms with Crippen molar-refractivity contribution in [3.8, 4) is 0 Å². The fourth-order valence-corrected chi connectivity index (χ4v) is 2.08. The van der Waals surface area contributed by atoms with E-state index in [0.29, 0.717) is 12.5 Å². The first kappa shape index (κ1) is 30.7. The van der Waals surface area contributed by atoms with Crippen molar-refractivity contribution in [1.82, 2.24) is 0 Å². The average molecular weight is 338 g/mol. The Kier molecular flexibility index (Phi) is 32.1. The van der Waals surface area contributed by atoms with E-state index in [2.05, 4.69) is 52.2 Å². The van der Waals surface area contributed by atoms with Gasteiger partial charge in [0.25, 0.3) is 0 Å². The number of nitrogens with zero attached hydrogens (tertiary/aromatic N) is 1. The largest absolute Gasteiger partial charge is 0.396 e. The lowest BCUT2D eigenvalue weighted by Gasteiger charge is -2.31. The number of unbranched alkanes of at least 4 members (excludes halogenated alkanes) is 2. The minimum Gasteiger partial charge on any atom is -0.396 e. The molecule has 0 aliphatic heterocycles. The molecule has 0 amide bonds. The Balaban J connectivity index is -0.000000267. The van der Waals surface area contributed by atoms with E-state index in [0.717, 1.165) is 10.5 Å². The van der Waals surface area contributed by atoms with Crippen LogP contribution in [-0.2, 0) is 0 Å². The van der Waals surface area contributed by atoms with Crippen LogP contribution in [0, 0.1) is 5.92 Å². The number of rotatable bonds is 10. The molecule has 0 heterocycles. The molecule has 0 aliphatic rings. The highest BCUT2D eigenvalue weighted by Crippen LogP contribution is 2.18. The van der Waals surface area contributed by atoms with Crippen LogP contribution in [0.4, 0.5) is 0 Å². The highest BCUT2D eigenvalue weighted by molar-refractivity contribution is 4.59. The van der Waals surface area contributed by atoms with Crippen LogP contribution >= 0.6 is 0 Å². The van der Waals surface area contributed by atoms with Crippen molar-refractivity contribution in [2.24, 2.45) is 23.1 Å². The number of aliphatic hydroxyl groups is 1. The van der Waals surface area contributed by atoms with Crippen LogP contribution in [0.3, 0.4) is 0 Å². The molecule has 0 radical (unpaired) electrons. The lowest BCUT2D eigenvalue weighted by molar-refractivity contribution is -0.894. The summed E-state index contributed by atoms with van der Waals surface area (Å²) in [6, 6.07) is 0.734. The van der Waals surface area contributed by atoms with E-state index in [1.807, 2.05) is 0 Å². The fraction of sp³-hybridized carbons (Fsp3) is 1.00. The molecule has 5 nitrogen and oxygen atoms in total. The van der Waals surface area contributed by atoms with Gasteiger partial charge in [-0.25, -0.2) is 0 Å². The van der Waals surface area contributed by atoms with Gasteiger partial charge >= 0.3 is 0 Å². The minimum absolute atomic E-state index is 0.380. The summed E-state index contributed by atoms with van der Waals surface area (Å²) in [6.45, 7) is 4.93. The molecular weight excluding hydrogens is 288 g/mol. The highest BCUT2D eigenvalue weighted by Gasteiger charge is 2.17. The molecule has 23 heavy (non-hydrogen) atoms. The van der Waals surface area contributed by atoms with Crippen molar-refractivity contribution < 1.29 is 9.59 Å². The predicted octanol–water partition coefficient (Wildman–Crippen LogP) is 2.16. The molecule has 7 N–H and O–H groups in total. The van der Waals surface area contributed by atoms with Gasteiger partial charge in [0.05, 0.1) is 27.2 Å². The first-order valence-corrected chi connectivity index (χ1v) is 9.07. The van der Waals surface area contributed by atoms with Gasteiger partial charge in [0.1, 0.15) is 0 Å². The van der Waals surface area contributed by atoms with Crippen molar-refractivity contribution in [3.05, 3.63) is 0 Å². The van der Waals surface area contributed by atoms with Crippen LogP contribution in [0.2, 0.25) is 0 Å². The van der Waals surface area contributed by atoms with Gasteiger partial charge in [-0.3, -0.25) is 0 Å². The van der Waals surface area contributed by atoms with Crippen LogP contribution in [-0.4, -0.2) is 64.5 Å². The zero-order valence-corrected chi connectivity index (χ0v) is 17.4. The number of aliphatic hydroxyl groups excluding tert-OH is 1. The maximum atomic E-state index is 9.29. The monoisotopic (exact) mass is 337 g/mol. The Bertz CT molecular complexity index is 184. The van der Waals surface area contributed by atoms with E-state index in [4.69, 9.17) is 0 Å². The standard InChI is InChI=1S/C15H34NO.3CH5N/c1-6-7-11-15(13-17)12-9-8-10-14(2)16(3,4)5;3*1-2/h14-15,17H,6-13H2,1-5H3;3*2H2,1H3/q+1;;;. The molecule has 2 atom stereocenters. The van der Waals surface area contributed by atoms with Gasteiger partial charge in [0.15, 0.2) is 0 Å². The van der Waals surface area contributed by atoms with Gasteiger partial charge in [-0.15, -0.1) is 0 Å². The molecule has 0 aromatic carbocycles. The molecule has 146 valence electrons. The zero-order valence-electron chi connectivity index (χ0n) is 17.4. The SMILES string of the molecule is CCCCC(CO)CCCCC(C)[N+](C)(C)C.CN.CN.CN. The molecule has 0 spiro atoms. The summed E-state index contributed by atoms with van der Waals surface area (Å²) >= 11 is 0. The predicted molar refractivity (Wildman–Crippen MR) is 106 cm³/mol. The van der Waals surface area contributed by atoms with Gasteiger partial charge in [0.2, 0.25) is 0 Å². The normalized spacial score (nSPS) is 12.5. The topological polar surface area (TPSA) is 98.3 Å². The van der Waals surface area contributed by atoms with Crippen LogP contribution in [0.1, 0.15) is 58.8 Å². The maximum Gasteiger partial charge on any atom is 0.0855 e. The molecule has 0 fully saturated rings. The van der Waals surface area contributed by atoms with Crippen molar-refractivity contribution >= 4 is 0 Å². The van der Waals surface area contributed by atoms with E-state index < -0.39 is 0 Å². The van der Waals surface area contributed by atoms with Crippen LogP contribution in [0.25, 0.3) is 0 Å². The second-order valence-corrected chi connectivity index (χ2v) is 6.44. The molecule has 2 unspecified atom stereocenters. The smallest absolute Gasteiger partial charge is 0.0855 e. The first-order chi connectivity index (χ1) is 10.9. The summed E-state index contributed by atoms with van der Waals surface area (Å²) in [4.78, 5) is 0. The fourth-order valence-electron chi connectivity index (χ4n) is 2.08. The molecular formula is C18H49N4O+. The summed E-state index contributed by atoms with van der Waals surface area (Å²) in [5.74, 6) is 0.550. The number of quaternary nitrogens is 1. The first-order valence-electron chi connectivity index (χ1n) is 9.07. The van der Waals surface area contributed by atoms with Crippen LogP contribution in [0.15, 0.2) is 0 Å². The summed E-state index contributed by atoms with van der Waals surface area (Å²) in [5.41, 5.74) is 13.5. The van der Waals surface area contributed by atoms with E-state index >= 15 is 0 Å². The van der Waals surface area contributed by atoms with E-state index in [1.54, 1.807) is 0 Å². The highest BCUT2D eigenvalue weighted by atomic mass is 16.3. The lowest BCUT2D eigenvalue weighted by Crippen LogP contribution is -2.43.